The van der Waals surface area contributed by atoms with Crippen LogP contribution < -0.4 is 4.74 Å². The van der Waals surface area contributed by atoms with E-state index in [2.05, 4.69) is 0 Å². The molecule has 0 saturated carbocycles. The number of aliphatic hydroxyl groups excluding tert-OH is 6. The van der Waals surface area contributed by atoms with E-state index in [1.54, 1.807) is 27.7 Å². The van der Waals surface area contributed by atoms with E-state index in [1.807, 2.05) is 0 Å². The topological polar surface area (TPSA) is 370 Å². The number of rotatable bonds is 17. The molecule has 2 aromatic carbocycles. The van der Waals surface area contributed by atoms with Gasteiger partial charge in [0.05, 0.1) is 65.9 Å². The van der Waals surface area contributed by atoms with E-state index in [0.29, 0.717) is 0 Å². The monoisotopic (exact) mass is 1150 g/mol. The lowest BCUT2D eigenvalue weighted by Gasteiger charge is -2.46. The SMILES string of the molecule is COC1C(O)CC(OC2CC(Oc3cc(O)c4c(O)c5c(cc4c3)CC(C(O)C(=O)C(O)C(C)O)C(OC3CC(OC4CC(OC6CC(C)(O)C(OC(C)=O)C(C)O6)C(O)C(C)O4)C(O)C(C)O3)C5=O)OC(C)C2OC(C)=O)OC1C. The zero-order chi connectivity index (χ0) is 59.3. The first kappa shape index (κ1) is 62.7. The van der Waals surface area contributed by atoms with Gasteiger partial charge in [0.15, 0.2) is 48.9 Å². The van der Waals surface area contributed by atoms with Gasteiger partial charge in [0.25, 0.3) is 0 Å². The van der Waals surface area contributed by atoms with Crippen LogP contribution in [0.2, 0.25) is 0 Å². The number of hydrogen-bond donors (Lipinski definition) is 9. The summed E-state index contributed by atoms with van der Waals surface area (Å²) in [4.78, 5) is 52.4. The highest BCUT2D eigenvalue weighted by atomic mass is 16.7. The third-order valence-corrected chi connectivity index (χ3v) is 16.0. The number of carbonyl (C=O) groups is 4. The van der Waals surface area contributed by atoms with Crippen LogP contribution in [-0.2, 0) is 77.6 Å². The fourth-order valence-corrected chi connectivity index (χ4v) is 12.0. The summed E-state index contributed by atoms with van der Waals surface area (Å²) in [6.07, 6.45) is -27.2. The van der Waals surface area contributed by atoms with Gasteiger partial charge in [0.1, 0.15) is 65.6 Å². The zero-order valence-electron chi connectivity index (χ0n) is 46.8. The highest BCUT2D eigenvalue weighted by Gasteiger charge is 2.52. The molecule has 2 aromatic rings. The van der Waals surface area contributed by atoms with Crippen molar-refractivity contribution < 1.29 is 127 Å². The summed E-state index contributed by atoms with van der Waals surface area (Å²) in [6, 6.07) is 4.06. The van der Waals surface area contributed by atoms with E-state index >= 15 is 0 Å². The van der Waals surface area contributed by atoms with Gasteiger partial charge in [-0.1, -0.05) is 0 Å². The van der Waals surface area contributed by atoms with Crippen LogP contribution >= 0.6 is 0 Å². The van der Waals surface area contributed by atoms with Crippen LogP contribution in [-0.4, -0.2) is 223 Å². The second-order valence-corrected chi connectivity index (χ2v) is 22.5. The molecule has 26 heteroatoms. The number of methoxy groups -OCH3 is 1. The van der Waals surface area contributed by atoms with Gasteiger partial charge in [-0.05, 0) is 78.0 Å². The van der Waals surface area contributed by atoms with E-state index in [0.717, 1.165) is 6.92 Å². The van der Waals surface area contributed by atoms with Gasteiger partial charge >= 0.3 is 11.9 Å². The number of aromatic hydroxyl groups is 2. The fraction of sp³-hybridized carbons (Fsp3) is 0.745. The first-order valence-electron chi connectivity index (χ1n) is 27.4. The van der Waals surface area contributed by atoms with Gasteiger partial charge in [-0.15, -0.1) is 0 Å². The summed E-state index contributed by atoms with van der Waals surface area (Å²) < 4.78 is 77.7. The molecule has 0 radical (unpaired) electrons. The standard InChI is InChI=1S/C55H78O26/c1-20(56)44(61)50(67)47(64)31-13-29-11-28-12-30(77-38-18-36(52(24(5)73-38)75-26(7)57)80-37-15-33(60)51(69-10)23(4)72-37)14-32(59)42(28)48(65)43(29)49(66)53(31)81-40-17-34(45(62)22(3)71-40)78-39-16-35(46(63)21(2)70-39)79-41-19-55(9,68)54(25(6)74-41)76-27(8)58/h11-12,14,20-25,31,33-41,44-47,51-54,56,59-65,68H,13,15-19H2,1-10H3. The number of ketones is 2. The van der Waals surface area contributed by atoms with Crippen molar-refractivity contribution in [2.75, 3.05) is 7.11 Å². The number of esters is 2. The molecule has 81 heavy (non-hydrogen) atoms. The van der Waals surface area contributed by atoms with Crippen LogP contribution in [0, 0.1) is 5.92 Å². The number of Topliss-reactive ketones (excluding diaryl/α,β-unsaturated/α-hetero) is 2. The molecule has 5 saturated heterocycles. The van der Waals surface area contributed by atoms with Crippen molar-refractivity contribution in [2.24, 2.45) is 5.92 Å². The Hall–Kier alpha value is -4.30. The second-order valence-electron chi connectivity index (χ2n) is 22.5. The smallest absolute Gasteiger partial charge is 0.303 e. The number of phenols is 2. The lowest BCUT2D eigenvalue weighted by atomic mass is 9.75. The molecule has 0 aromatic heterocycles. The van der Waals surface area contributed by atoms with E-state index < -0.39 is 188 Å². The summed E-state index contributed by atoms with van der Waals surface area (Å²) in [7, 11) is 1.46. The van der Waals surface area contributed by atoms with E-state index in [9.17, 15) is 65.1 Å². The molecule has 5 heterocycles. The van der Waals surface area contributed by atoms with Crippen LogP contribution in [0.25, 0.3) is 10.8 Å². The molecule has 0 amide bonds. The Morgan fingerprint density at radius 1 is 0.679 bits per heavy atom. The summed E-state index contributed by atoms with van der Waals surface area (Å²) in [5, 5.41) is 101. The maximum atomic E-state index is 14.9. The first-order valence-corrected chi connectivity index (χ1v) is 27.4. The number of phenolic OH excluding ortho intramolecular Hbond substituents is 2. The number of aliphatic hydroxyl groups is 7. The predicted molar refractivity (Wildman–Crippen MR) is 273 cm³/mol. The molecule has 5 aliphatic heterocycles. The Balaban J connectivity index is 1.01. The molecule has 25 unspecified atom stereocenters. The molecule has 6 aliphatic rings. The maximum Gasteiger partial charge on any atom is 0.303 e. The highest BCUT2D eigenvalue weighted by molar-refractivity contribution is 6.11. The Bertz CT molecular complexity index is 2550. The van der Waals surface area contributed by atoms with E-state index in [1.165, 1.54) is 53.0 Å². The van der Waals surface area contributed by atoms with Gasteiger partial charge < -0.3 is 108 Å². The maximum absolute atomic E-state index is 14.9. The lowest BCUT2D eigenvalue weighted by molar-refractivity contribution is -0.334. The van der Waals surface area contributed by atoms with Crippen molar-refractivity contribution in [3.63, 3.8) is 0 Å². The summed E-state index contributed by atoms with van der Waals surface area (Å²) >= 11 is 0. The van der Waals surface area contributed by atoms with Crippen LogP contribution in [0.1, 0.15) is 110 Å². The number of carbonyl (C=O) groups excluding carboxylic acids is 4. The van der Waals surface area contributed by atoms with E-state index in [-0.39, 0.29) is 66.2 Å². The molecular weight excluding hydrogens is 1080 g/mol. The van der Waals surface area contributed by atoms with Crippen molar-refractivity contribution in [1.82, 2.24) is 0 Å². The van der Waals surface area contributed by atoms with Gasteiger partial charge in [0.2, 0.25) is 6.29 Å². The van der Waals surface area contributed by atoms with Crippen LogP contribution in [0.15, 0.2) is 18.2 Å². The second kappa shape index (κ2) is 25.5. The van der Waals surface area contributed by atoms with Crippen molar-refractivity contribution in [3.8, 4) is 17.2 Å². The van der Waals surface area contributed by atoms with Crippen molar-refractivity contribution in [3.05, 3.63) is 29.3 Å². The molecule has 5 fully saturated rings. The average Bonchev–Trinajstić information content (AvgIpc) is 3.40. The van der Waals surface area contributed by atoms with Gasteiger partial charge in [-0.25, -0.2) is 0 Å². The number of hydrogen-bond acceptors (Lipinski definition) is 26. The van der Waals surface area contributed by atoms with Crippen LogP contribution in [0.4, 0.5) is 0 Å². The molecule has 454 valence electrons. The first-order chi connectivity index (χ1) is 38.0. The molecule has 9 N–H and O–H groups in total. The van der Waals surface area contributed by atoms with Crippen LogP contribution in [0.3, 0.4) is 0 Å². The predicted octanol–water partition coefficient (Wildman–Crippen LogP) is 0.584. The molecule has 8 rings (SSSR count). The summed E-state index contributed by atoms with van der Waals surface area (Å²) in [6.45, 7) is 13.1. The number of ether oxygens (including phenoxy) is 13. The van der Waals surface area contributed by atoms with Gasteiger partial charge in [0, 0.05) is 65.0 Å². The minimum Gasteiger partial charge on any atom is -0.507 e. The summed E-state index contributed by atoms with van der Waals surface area (Å²) in [5.74, 6) is -6.12. The Morgan fingerprint density at radius 2 is 1.21 bits per heavy atom. The van der Waals surface area contributed by atoms with Gasteiger partial charge in [-0.2, -0.15) is 0 Å². The van der Waals surface area contributed by atoms with Crippen molar-refractivity contribution in [1.29, 1.82) is 0 Å². The molecular formula is C55H78O26. The highest BCUT2D eigenvalue weighted by Crippen LogP contribution is 2.46. The third kappa shape index (κ3) is 13.8. The van der Waals surface area contributed by atoms with E-state index in [4.69, 9.17) is 61.6 Å². The quantitative estimate of drug-likeness (QED) is 0.0979. The Morgan fingerprint density at radius 3 is 1.79 bits per heavy atom. The molecule has 26 nitrogen and oxygen atoms in total. The molecule has 25 atom stereocenters. The molecule has 1 aliphatic carbocycles. The Labute approximate surface area is 467 Å². The van der Waals surface area contributed by atoms with Gasteiger partial charge in [-0.3, -0.25) is 19.2 Å². The largest absolute Gasteiger partial charge is 0.507 e. The summed E-state index contributed by atoms with van der Waals surface area (Å²) in [5.41, 5.74) is -1.81. The van der Waals surface area contributed by atoms with Crippen molar-refractivity contribution in [2.45, 2.75) is 248 Å². The zero-order valence-corrected chi connectivity index (χ0v) is 46.8. The van der Waals surface area contributed by atoms with Crippen molar-refractivity contribution >= 4 is 34.3 Å². The average molecular weight is 1160 g/mol. The minimum atomic E-state index is -2.16. The molecule has 0 bridgehead atoms. The van der Waals surface area contributed by atoms with Crippen LogP contribution in [0.5, 0.6) is 17.2 Å². The molecule has 0 spiro atoms. The number of benzene rings is 2. The minimum absolute atomic E-state index is 0.0185. The Kier molecular flexibility index (Phi) is 19.8. The fourth-order valence-electron chi connectivity index (χ4n) is 12.0. The normalized spacial score (nSPS) is 40.4. The third-order valence-electron chi connectivity index (χ3n) is 16.0. The lowest BCUT2D eigenvalue weighted by Crippen LogP contribution is -2.59. The number of fused-ring (bicyclic) bond motifs is 2.